The van der Waals surface area contributed by atoms with Gasteiger partial charge >= 0.3 is 5.97 Å². The zero-order valence-electron chi connectivity index (χ0n) is 22.5. The summed E-state index contributed by atoms with van der Waals surface area (Å²) in [4.78, 5) is 13.0. The van der Waals surface area contributed by atoms with E-state index in [4.69, 9.17) is 33.2 Å². The first-order valence-electron chi connectivity index (χ1n) is 12.0. The van der Waals surface area contributed by atoms with Gasteiger partial charge in [-0.1, -0.05) is 13.0 Å². The van der Waals surface area contributed by atoms with Gasteiger partial charge in [-0.25, -0.2) is 4.79 Å². The van der Waals surface area contributed by atoms with E-state index in [2.05, 4.69) is 0 Å². The summed E-state index contributed by atoms with van der Waals surface area (Å²) in [7, 11) is 6.08. The number of hydrogen-bond donors (Lipinski definition) is 1. The molecule has 0 radical (unpaired) electrons. The number of allylic oxidation sites excluding steroid dienone is 1. The molecule has 0 amide bonds. The number of esters is 1. The molecule has 2 aliphatic rings. The lowest BCUT2D eigenvalue weighted by atomic mass is 9.73. The van der Waals surface area contributed by atoms with Crippen LogP contribution in [0.1, 0.15) is 44.9 Å². The smallest absolute Gasteiger partial charge is 0.334 e. The fraction of sp³-hybridized carbons (Fsp3) is 0.464. The van der Waals surface area contributed by atoms with Crippen molar-refractivity contribution in [3.8, 4) is 45.6 Å². The van der Waals surface area contributed by atoms with Crippen LogP contribution in [0.5, 0.6) is 34.5 Å². The molecule has 1 N–H and O–H groups in total. The summed E-state index contributed by atoms with van der Waals surface area (Å²) >= 11 is 0. The van der Waals surface area contributed by atoms with E-state index in [1.54, 1.807) is 40.0 Å². The van der Waals surface area contributed by atoms with Crippen molar-refractivity contribution < 1.29 is 43.1 Å². The van der Waals surface area contributed by atoms with Crippen LogP contribution in [0.15, 0.2) is 23.8 Å². The van der Waals surface area contributed by atoms with Crippen LogP contribution in [0.2, 0.25) is 0 Å². The van der Waals surface area contributed by atoms with Crippen LogP contribution in [0.25, 0.3) is 11.1 Å². The molecular formula is C28H34O9. The monoisotopic (exact) mass is 514 g/mol. The maximum Gasteiger partial charge on any atom is 0.334 e. The average Bonchev–Trinajstić information content (AvgIpc) is 3.36. The Labute approximate surface area is 216 Å². The zero-order chi connectivity index (χ0) is 27.1. The van der Waals surface area contributed by atoms with Crippen molar-refractivity contribution in [2.75, 3.05) is 35.2 Å². The van der Waals surface area contributed by atoms with Crippen LogP contribution in [0.3, 0.4) is 0 Å². The van der Waals surface area contributed by atoms with E-state index < -0.39 is 17.7 Å². The van der Waals surface area contributed by atoms with Crippen LogP contribution >= 0.6 is 0 Å². The minimum Gasteiger partial charge on any atom is -0.493 e. The van der Waals surface area contributed by atoms with Gasteiger partial charge in [0.1, 0.15) is 5.60 Å². The highest BCUT2D eigenvalue weighted by atomic mass is 16.7. The predicted molar refractivity (Wildman–Crippen MR) is 136 cm³/mol. The van der Waals surface area contributed by atoms with Crippen LogP contribution in [-0.4, -0.2) is 51.9 Å². The largest absolute Gasteiger partial charge is 0.493 e. The molecule has 37 heavy (non-hydrogen) atoms. The number of aliphatic hydroxyl groups is 1. The molecule has 9 heteroatoms. The number of fused-ring (bicyclic) bond motifs is 4. The first kappa shape index (κ1) is 26.5. The molecular weight excluding hydrogens is 480 g/mol. The lowest BCUT2D eigenvalue weighted by Crippen LogP contribution is -2.44. The fourth-order valence-electron chi connectivity index (χ4n) is 4.94. The quantitative estimate of drug-likeness (QED) is 0.437. The van der Waals surface area contributed by atoms with Crippen LogP contribution in [-0.2, 0) is 16.0 Å². The molecule has 0 saturated heterocycles. The molecule has 0 bridgehead atoms. The lowest BCUT2D eigenvalue weighted by Gasteiger charge is -2.41. The molecule has 3 atom stereocenters. The summed E-state index contributed by atoms with van der Waals surface area (Å²) in [6.07, 6.45) is 0.998. The van der Waals surface area contributed by atoms with Crippen molar-refractivity contribution in [2.24, 2.45) is 5.92 Å². The summed E-state index contributed by atoms with van der Waals surface area (Å²) in [6, 6.07) is 3.60. The molecule has 0 saturated carbocycles. The number of carbonyl (C=O) groups excluding carboxylic acids is 1. The molecule has 1 heterocycles. The number of rotatable bonds is 6. The van der Waals surface area contributed by atoms with Gasteiger partial charge in [0, 0.05) is 22.3 Å². The maximum atomic E-state index is 13.0. The van der Waals surface area contributed by atoms with Crippen LogP contribution in [0.4, 0.5) is 0 Å². The Hall–Kier alpha value is -3.59. The van der Waals surface area contributed by atoms with Gasteiger partial charge < -0.3 is 38.3 Å². The molecule has 9 nitrogen and oxygen atoms in total. The molecule has 200 valence electrons. The zero-order valence-corrected chi connectivity index (χ0v) is 22.5. The third-order valence-electron chi connectivity index (χ3n) is 7.33. The predicted octanol–water partition coefficient (Wildman–Crippen LogP) is 4.61. The fourth-order valence-corrected chi connectivity index (χ4v) is 4.94. The number of ether oxygens (including phenoxy) is 7. The second kappa shape index (κ2) is 10.0. The van der Waals surface area contributed by atoms with Gasteiger partial charge in [0.15, 0.2) is 29.1 Å². The Morgan fingerprint density at radius 2 is 1.70 bits per heavy atom. The molecule has 1 aliphatic carbocycles. The minimum absolute atomic E-state index is 0.0562. The first-order valence-corrected chi connectivity index (χ1v) is 12.0. The summed E-state index contributed by atoms with van der Waals surface area (Å²) in [5.41, 5.74) is 1.46. The van der Waals surface area contributed by atoms with E-state index in [0.717, 1.165) is 5.56 Å². The van der Waals surface area contributed by atoms with E-state index in [0.29, 0.717) is 63.2 Å². The van der Waals surface area contributed by atoms with Gasteiger partial charge in [-0.2, -0.15) is 0 Å². The molecule has 0 fully saturated rings. The van der Waals surface area contributed by atoms with Crippen molar-refractivity contribution in [3.63, 3.8) is 0 Å². The van der Waals surface area contributed by atoms with Crippen molar-refractivity contribution in [3.05, 3.63) is 34.9 Å². The van der Waals surface area contributed by atoms with Crippen LogP contribution in [0, 0.1) is 5.92 Å². The summed E-state index contributed by atoms with van der Waals surface area (Å²) in [5.74, 6) is 1.60. The summed E-state index contributed by atoms with van der Waals surface area (Å²) in [6.45, 7) is 7.05. The first-order chi connectivity index (χ1) is 17.6. The third-order valence-corrected chi connectivity index (χ3v) is 7.33. The maximum absolute atomic E-state index is 13.0. The third kappa shape index (κ3) is 4.21. The van der Waals surface area contributed by atoms with Crippen LogP contribution < -0.4 is 28.4 Å². The Balaban J connectivity index is 2.17. The highest BCUT2D eigenvalue weighted by Crippen LogP contribution is 2.59. The van der Waals surface area contributed by atoms with Gasteiger partial charge in [-0.05, 0) is 50.8 Å². The van der Waals surface area contributed by atoms with E-state index in [9.17, 15) is 9.90 Å². The lowest BCUT2D eigenvalue weighted by molar-refractivity contribution is -0.166. The number of methoxy groups -OCH3 is 4. The number of carbonyl (C=O) groups is 1. The minimum atomic E-state index is -1.48. The molecule has 1 aliphatic heterocycles. The second-order valence-electron chi connectivity index (χ2n) is 9.38. The van der Waals surface area contributed by atoms with Gasteiger partial charge in [0.2, 0.25) is 18.3 Å². The van der Waals surface area contributed by atoms with Gasteiger partial charge in [0.25, 0.3) is 0 Å². The Morgan fingerprint density at radius 3 is 2.30 bits per heavy atom. The van der Waals surface area contributed by atoms with Crippen molar-refractivity contribution >= 4 is 5.97 Å². The van der Waals surface area contributed by atoms with E-state index in [-0.39, 0.29) is 12.7 Å². The summed E-state index contributed by atoms with van der Waals surface area (Å²) in [5, 5.41) is 12.0. The molecule has 0 unspecified atom stereocenters. The van der Waals surface area contributed by atoms with Gasteiger partial charge in [-0.15, -0.1) is 0 Å². The van der Waals surface area contributed by atoms with Crippen molar-refractivity contribution in [1.29, 1.82) is 0 Å². The summed E-state index contributed by atoms with van der Waals surface area (Å²) < 4.78 is 40.6. The normalized spacial score (nSPS) is 22.2. The van der Waals surface area contributed by atoms with Crippen molar-refractivity contribution in [1.82, 2.24) is 0 Å². The Morgan fingerprint density at radius 1 is 1.03 bits per heavy atom. The molecule has 2 aromatic rings. The number of hydrogen-bond acceptors (Lipinski definition) is 9. The Bertz CT molecular complexity index is 1250. The highest BCUT2D eigenvalue weighted by Gasteiger charge is 2.47. The number of benzene rings is 2. The van der Waals surface area contributed by atoms with Gasteiger partial charge in [0.05, 0.1) is 28.4 Å². The van der Waals surface area contributed by atoms with E-state index in [1.165, 1.54) is 21.3 Å². The molecule has 0 aromatic heterocycles. The van der Waals surface area contributed by atoms with Gasteiger partial charge in [-0.3, -0.25) is 0 Å². The second-order valence-corrected chi connectivity index (χ2v) is 9.38. The SMILES string of the molecule is CC=C(C)C(=O)O[C@H]1c2cc(OC)c(OC)c(OC)c2-c2c(cc3c(c2OC)OCO3)C[C@H](C)[C@]1(C)O. The van der Waals surface area contributed by atoms with E-state index >= 15 is 0 Å². The standard InChI is InChI=1S/C28H34O9/c1-9-14(2)27(29)37-26-17-12-18(31-5)22(32-6)25(34-8)21(17)20-16(10-15(3)28(26,4)30)11-19-23(24(20)33-7)36-13-35-19/h9,11-12,15,26,30H,10,13H2,1-8H3/t15-,26-,28-/m0/s1. The van der Waals surface area contributed by atoms with Crippen molar-refractivity contribution in [2.45, 2.75) is 45.8 Å². The van der Waals surface area contributed by atoms with E-state index in [1.807, 2.05) is 13.0 Å². The molecule has 4 rings (SSSR count). The molecule has 0 spiro atoms. The topological polar surface area (TPSA) is 102 Å². The highest BCUT2D eigenvalue weighted by molar-refractivity contribution is 5.90. The molecule has 2 aromatic carbocycles. The Kier molecular flexibility index (Phi) is 7.19. The average molecular weight is 515 g/mol.